The van der Waals surface area contributed by atoms with Crippen molar-refractivity contribution in [3.8, 4) is 0 Å². The lowest BCUT2D eigenvalue weighted by atomic mass is 10.2. The van der Waals surface area contributed by atoms with Crippen molar-refractivity contribution in [3.05, 3.63) is 39.8 Å². The largest absolute Gasteiger partial charge is 0.341 e. The van der Waals surface area contributed by atoms with E-state index in [0.29, 0.717) is 11.9 Å². The highest BCUT2D eigenvalue weighted by atomic mass is 35.5. The first-order valence-corrected chi connectivity index (χ1v) is 7.67. The molecular formula is C14H18ClN3S. The van der Waals surface area contributed by atoms with Crippen molar-refractivity contribution in [2.75, 3.05) is 11.9 Å². The van der Waals surface area contributed by atoms with Crippen molar-refractivity contribution in [1.82, 2.24) is 9.97 Å². The SMILES string of the molecule is Cc1cc(CCl)nc(N(C)C(C)Cc2cccs2)n1. The Morgan fingerprint density at radius 3 is 2.84 bits per heavy atom. The minimum absolute atomic E-state index is 0.351. The molecule has 0 fully saturated rings. The van der Waals surface area contributed by atoms with Crippen molar-refractivity contribution < 1.29 is 0 Å². The molecule has 0 radical (unpaired) electrons. The van der Waals surface area contributed by atoms with Gasteiger partial charge in [0.2, 0.25) is 5.95 Å². The maximum absolute atomic E-state index is 5.86. The summed E-state index contributed by atoms with van der Waals surface area (Å²) in [5.41, 5.74) is 1.83. The Bertz CT molecular complexity index is 527. The Kier molecular flexibility index (Phi) is 4.77. The number of alkyl halides is 1. The van der Waals surface area contributed by atoms with Gasteiger partial charge in [0.15, 0.2) is 0 Å². The number of likely N-dealkylation sites (N-methyl/N-ethyl adjacent to an activating group) is 1. The number of nitrogens with zero attached hydrogens (tertiary/aromatic N) is 3. The molecule has 1 atom stereocenters. The first kappa shape index (κ1) is 14.3. The summed E-state index contributed by atoms with van der Waals surface area (Å²) in [4.78, 5) is 12.5. The van der Waals surface area contributed by atoms with E-state index in [1.807, 2.05) is 20.0 Å². The van der Waals surface area contributed by atoms with Crippen LogP contribution in [-0.4, -0.2) is 23.1 Å². The van der Waals surface area contributed by atoms with Crippen LogP contribution in [0.15, 0.2) is 23.6 Å². The summed E-state index contributed by atoms with van der Waals surface area (Å²) in [6.07, 6.45) is 1.00. The van der Waals surface area contributed by atoms with Gasteiger partial charge in [0, 0.05) is 30.1 Å². The van der Waals surface area contributed by atoms with E-state index in [1.54, 1.807) is 11.3 Å². The second-order valence-corrected chi connectivity index (χ2v) is 5.98. The average Bonchev–Trinajstić information content (AvgIpc) is 2.89. The van der Waals surface area contributed by atoms with E-state index in [1.165, 1.54) is 4.88 Å². The topological polar surface area (TPSA) is 29.0 Å². The second-order valence-electron chi connectivity index (χ2n) is 4.68. The van der Waals surface area contributed by atoms with Crippen LogP contribution in [0, 0.1) is 6.92 Å². The molecule has 1 unspecified atom stereocenters. The van der Waals surface area contributed by atoms with Gasteiger partial charge in [0.25, 0.3) is 0 Å². The van der Waals surface area contributed by atoms with Gasteiger partial charge in [-0.05, 0) is 31.4 Å². The maximum Gasteiger partial charge on any atom is 0.225 e. The van der Waals surface area contributed by atoms with Crippen molar-refractivity contribution >= 4 is 28.9 Å². The van der Waals surface area contributed by atoms with Crippen molar-refractivity contribution in [1.29, 1.82) is 0 Å². The monoisotopic (exact) mass is 295 g/mol. The molecule has 2 rings (SSSR count). The predicted molar refractivity (Wildman–Crippen MR) is 82.2 cm³/mol. The Morgan fingerprint density at radius 1 is 1.42 bits per heavy atom. The fourth-order valence-corrected chi connectivity index (χ4v) is 2.86. The maximum atomic E-state index is 5.86. The van der Waals surface area contributed by atoms with E-state index >= 15 is 0 Å². The highest BCUT2D eigenvalue weighted by Gasteiger charge is 2.14. The summed E-state index contributed by atoms with van der Waals surface area (Å²) < 4.78 is 0. The number of rotatable bonds is 5. The lowest BCUT2D eigenvalue weighted by Crippen LogP contribution is -2.32. The number of hydrogen-bond acceptors (Lipinski definition) is 4. The van der Waals surface area contributed by atoms with Crippen molar-refractivity contribution in [2.45, 2.75) is 32.2 Å². The van der Waals surface area contributed by atoms with Gasteiger partial charge in [-0.1, -0.05) is 6.07 Å². The molecule has 0 aromatic carbocycles. The summed E-state index contributed by atoms with van der Waals surface area (Å²) in [6.45, 7) is 4.16. The smallest absolute Gasteiger partial charge is 0.225 e. The third-order valence-corrected chi connectivity index (χ3v) is 4.26. The second kappa shape index (κ2) is 6.35. The van der Waals surface area contributed by atoms with Gasteiger partial charge in [0.05, 0.1) is 11.6 Å². The summed E-state index contributed by atoms with van der Waals surface area (Å²) in [5.74, 6) is 1.17. The fraction of sp³-hybridized carbons (Fsp3) is 0.429. The normalized spacial score (nSPS) is 12.4. The van der Waals surface area contributed by atoms with Crippen LogP contribution >= 0.6 is 22.9 Å². The number of hydrogen-bond donors (Lipinski definition) is 0. The molecule has 2 heterocycles. The summed E-state index contributed by atoms with van der Waals surface area (Å²) in [7, 11) is 2.03. The molecular weight excluding hydrogens is 278 g/mol. The molecule has 3 nitrogen and oxygen atoms in total. The number of halogens is 1. The van der Waals surface area contributed by atoms with E-state index in [2.05, 4.69) is 39.3 Å². The molecule has 2 aromatic heterocycles. The molecule has 0 spiro atoms. The van der Waals surface area contributed by atoms with Crippen LogP contribution in [0.4, 0.5) is 5.95 Å². The third kappa shape index (κ3) is 3.67. The van der Waals surface area contributed by atoms with Crippen molar-refractivity contribution in [3.63, 3.8) is 0 Å². The summed E-state index contributed by atoms with van der Waals surface area (Å²) >= 11 is 7.65. The lowest BCUT2D eigenvalue weighted by molar-refractivity contribution is 0.667. The van der Waals surface area contributed by atoms with E-state index in [0.717, 1.165) is 23.8 Å². The van der Waals surface area contributed by atoms with Crippen LogP contribution in [0.25, 0.3) is 0 Å². The molecule has 0 saturated carbocycles. The van der Waals surface area contributed by atoms with Crippen molar-refractivity contribution in [2.24, 2.45) is 0 Å². The standard InChI is InChI=1S/C14H18ClN3S/c1-10-7-12(9-15)17-14(16-10)18(3)11(2)8-13-5-4-6-19-13/h4-7,11H,8-9H2,1-3H3. The third-order valence-electron chi connectivity index (χ3n) is 3.09. The molecule has 0 aliphatic heterocycles. The van der Waals surface area contributed by atoms with Gasteiger partial charge in [-0.25, -0.2) is 9.97 Å². The van der Waals surface area contributed by atoms with Gasteiger partial charge in [-0.3, -0.25) is 0 Å². The fourth-order valence-electron chi connectivity index (χ4n) is 1.90. The first-order chi connectivity index (χ1) is 9.10. The van der Waals surface area contributed by atoms with Crippen LogP contribution in [0.1, 0.15) is 23.2 Å². The van der Waals surface area contributed by atoms with Crippen LogP contribution < -0.4 is 4.90 Å². The van der Waals surface area contributed by atoms with E-state index in [4.69, 9.17) is 11.6 Å². The van der Waals surface area contributed by atoms with Crippen LogP contribution in [0.2, 0.25) is 0 Å². The number of anilines is 1. The molecule has 0 saturated heterocycles. The van der Waals surface area contributed by atoms with E-state index in [9.17, 15) is 0 Å². The molecule has 19 heavy (non-hydrogen) atoms. The molecule has 0 amide bonds. The molecule has 2 aromatic rings. The highest BCUT2D eigenvalue weighted by molar-refractivity contribution is 7.09. The zero-order valence-electron chi connectivity index (χ0n) is 11.4. The molecule has 102 valence electrons. The van der Waals surface area contributed by atoms with Crippen LogP contribution in [-0.2, 0) is 12.3 Å². The predicted octanol–water partition coefficient (Wildman–Crippen LogP) is 3.65. The Morgan fingerprint density at radius 2 is 2.21 bits per heavy atom. The zero-order valence-corrected chi connectivity index (χ0v) is 13.0. The van der Waals surface area contributed by atoms with Gasteiger partial charge in [-0.2, -0.15) is 0 Å². The summed E-state index contributed by atoms with van der Waals surface area (Å²) in [6, 6.07) is 6.52. The molecule has 0 N–H and O–H groups in total. The van der Waals surface area contributed by atoms with Gasteiger partial charge < -0.3 is 4.90 Å². The Labute approximate surface area is 123 Å². The quantitative estimate of drug-likeness (QED) is 0.789. The van der Waals surface area contributed by atoms with Gasteiger partial charge >= 0.3 is 0 Å². The Hall–Kier alpha value is -1.13. The van der Waals surface area contributed by atoms with Crippen LogP contribution in [0.3, 0.4) is 0 Å². The molecule has 0 aliphatic carbocycles. The molecule has 5 heteroatoms. The zero-order chi connectivity index (χ0) is 13.8. The number of aromatic nitrogens is 2. The number of thiophene rings is 1. The average molecular weight is 296 g/mol. The Balaban J connectivity index is 2.14. The minimum Gasteiger partial charge on any atom is -0.341 e. The van der Waals surface area contributed by atoms with Gasteiger partial charge in [-0.15, -0.1) is 22.9 Å². The first-order valence-electron chi connectivity index (χ1n) is 6.26. The number of aryl methyl sites for hydroxylation is 1. The lowest BCUT2D eigenvalue weighted by Gasteiger charge is -2.25. The molecule has 0 bridgehead atoms. The van der Waals surface area contributed by atoms with Gasteiger partial charge in [0.1, 0.15) is 0 Å². The van der Waals surface area contributed by atoms with Crippen LogP contribution in [0.5, 0.6) is 0 Å². The molecule has 0 aliphatic rings. The summed E-state index contributed by atoms with van der Waals surface area (Å²) in [5, 5.41) is 2.11. The van der Waals surface area contributed by atoms with E-state index in [-0.39, 0.29) is 0 Å². The minimum atomic E-state index is 0.351. The van der Waals surface area contributed by atoms with E-state index < -0.39 is 0 Å². The highest BCUT2D eigenvalue weighted by Crippen LogP contribution is 2.17.